The van der Waals surface area contributed by atoms with Crippen LogP contribution in [0.4, 0.5) is 0 Å². The zero-order valence-electron chi connectivity index (χ0n) is 5.99. The van der Waals surface area contributed by atoms with Gasteiger partial charge in [-0.15, -0.1) is 0 Å². The van der Waals surface area contributed by atoms with E-state index in [1.807, 2.05) is 30.3 Å². The molecule has 1 rings (SSSR count). The van der Waals surface area contributed by atoms with Gasteiger partial charge in [0.05, 0.1) is 0 Å². The maximum atomic E-state index is 5.15. The van der Waals surface area contributed by atoms with Crippen molar-refractivity contribution in [3.05, 3.63) is 35.9 Å². The van der Waals surface area contributed by atoms with E-state index in [1.54, 1.807) is 0 Å². The Morgan fingerprint density at radius 3 is 2.36 bits per heavy atom. The van der Waals surface area contributed by atoms with E-state index in [1.165, 1.54) is 0 Å². The molecule has 11 heavy (non-hydrogen) atoms. The third-order valence-electron chi connectivity index (χ3n) is 1.31. The van der Waals surface area contributed by atoms with E-state index >= 15 is 0 Å². The summed E-state index contributed by atoms with van der Waals surface area (Å²) in [7, 11) is 0. The van der Waals surface area contributed by atoms with Gasteiger partial charge in [0.1, 0.15) is 0 Å². The number of nitrogens with one attached hydrogen (secondary N) is 1. The zero-order valence-corrected chi connectivity index (χ0v) is 5.99. The second-order valence-corrected chi connectivity index (χ2v) is 1.99. The first-order chi connectivity index (χ1) is 5.38. The monoisotopic (exact) mass is 150 g/mol. The fourth-order valence-electron chi connectivity index (χ4n) is 0.791. The Morgan fingerprint density at radius 1 is 1.27 bits per heavy atom. The molecule has 0 saturated carbocycles. The van der Waals surface area contributed by atoms with Gasteiger partial charge in [-0.1, -0.05) is 30.3 Å². The average Bonchev–Trinajstić information content (AvgIpc) is 2.09. The van der Waals surface area contributed by atoms with Gasteiger partial charge in [-0.25, -0.2) is 5.84 Å². The molecule has 0 radical (unpaired) electrons. The van der Waals surface area contributed by atoms with Crippen LogP contribution in [0.15, 0.2) is 35.4 Å². The highest BCUT2D eigenvalue weighted by Crippen LogP contribution is 1.96. The molecular formula is C7H10N4. The van der Waals surface area contributed by atoms with E-state index in [9.17, 15) is 0 Å². The number of hydrogen-bond acceptors (Lipinski definition) is 3. The molecule has 0 fully saturated rings. The maximum absolute atomic E-state index is 5.15. The summed E-state index contributed by atoms with van der Waals surface area (Å²) in [6.07, 6.45) is 0. The Labute approximate surface area is 64.9 Å². The minimum atomic E-state index is 0.477. The fraction of sp³-hybridized carbons (Fsp3) is 0. The van der Waals surface area contributed by atoms with Gasteiger partial charge in [-0.05, 0) is 0 Å². The molecule has 0 atom stereocenters. The van der Waals surface area contributed by atoms with Crippen LogP contribution < -0.4 is 17.1 Å². The third-order valence-corrected chi connectivity index (χ3v) is 1.31. The van der Waals surface area contributed by atoms with Crippen LogP contribution in [-0.2, 0) is 0 Å². The highest BCUT2D eigenvalue weighted by atomic mass is 15.3. The lowest BCUT2D eigenvalue weighted by atomic mass is 10.2. The van der Waals surface area contributed by atoms with E-state index in [-0.39, 0.29) is 0 Å². The largest absolute Gasteiger partial charge is 0.321 e. The lowest BCUT2D eigenvalue weighted by Gasteiger charge is -2.01. The van der Waals surface area contributed by atoms with Gasteiger partial charge >= 0.3 is 0 Å². The number of hydrazone groups is 1. The van der Waals surface area contributed by atoms with Crippen molar-refractivity contribution in [1.29, 1.82) is 0 Å². The number of rotatable bonds is 1. The maximum Gasteiger partial charge on any atom is 0.166 e. The number of nitrogens with zero attached hydrogens (tertiary/aromatic N) is 1. The zero-order chi connectivity index (χ0) is 8.10. The fourth-order valence-corrected chi connectivity index (χ4v) is 0.791. The van der Waals surface area contributed by atoms with E-state index in [0.29, 0.717) is 5.84 Å². The summed E-state index contributed by atoms with van der Waals surface area (Å²) in [5.74, 6) is 10.7. The molecule has 0 heterocycles. The van der Waals surface area contributed by atoms with Crippen molar-refractivity contribution in [2.45, 2.75) is 0 Å². The Balaban J connectivity index is 2.92. The van der Waals surface area contributed by atoms with Crippen LogP contribution >= 0.6 is 0 Å². The number of amidine groups is 1. The molecule has 0 unspecified atom stereocenters. The SMILES string of the molecule is NN=C(NN)c1ccccc1. The first-order valence-electron chi connectivity index (χ1n) is 3.18. The molecule has 5 N–H and O–H groups in total. The second kappa shape index (κ2) is 3.58. The summed E-state index contributed by atoms with van der Waals surface area (Å²) in [6.45, 7) is 0. The van der Waals surface area contributed by atoms with Crippen LogP contribution in [0.3, 0.4) is 0 Å². The molecule has 0 spiro atoms. The summed E-state index contributed by atoms with van der Waals surface area (Å²) in [5.41, 5.74) is 3.27. The van der Waals surface area contributed by atoms with Crippen molar-refractivity contribution in [2.75, 3.05) is 0 Å². The number of hydrazine groups is 1. The van der Waals surface area contributed by atoms with Crippen LogP contribution in [0.1, 0.15) is 5.56 Å². The standard InChI is InChI=1S/C7H10N4/c8-10-7(11-9)6-4-2-1-3-5-6/h1-5H,8-9H2,(H,10,11). The Morgan fingerprint density at radius 2 is 1.91 bits per heavy atom. The van der Waals surface area contributed by atoms with E-state index in [2.05, 4.69) is 10.5 Å². The summed E-state index contributed by atoms with van der Waals surface area (Å²) < 4.78 is 0. The summed E-state index contributed by atoms with van der Waals surface area (Å²) in [5, 5.41) is 3.46. The first-order valence-corrected chi connectivity index (χ1v) is 3.18. The van der Waals surface area contributed by atoms with Crippen molar-refractivity contribution in [2.24, 2.45) is 16.8 Å². The van der Waals surface area contributed by atoms with Crippen molar-refractivity contribution < 1.29 is 0 Å². The van der Waals surface area contributed by atoms with Crippen molar-refractivity contribution >= 4 is 5.84 Å². The minimum Gasteiger partial charge on any atom is -0.321 e. The van der Waals surface area contributed by atoms with Gasteiger partial charge in [0.2, 0.25) is 0 Å². The van der Waals surface area contributed by atoms with Gasteiger partial charge in [-0.3, -0.25) is 0 Å². The average molecular weight is 150 g/mol. The third kappa shape index (κ3) is 1.68. The minimum absolute atomic E-state index is 0.477. The van der Waals surface area contributed by atoms with E-state index in [4.69, 9.17) is 11.7 Å². The molecule has 1 aromatic carbocycles. The molecular weight excluding hydrogens is 140 g/mol. The molecule has 0 aromatic heterocycles. The Kier molecular flexibility index (Phi) is 2.46. The molecule has 0 aliphatic heterocycles. The lowest BCUT2D eigenvalue weighted by Crippen LogP contribution is -2.31. The molecule has 0 bridgehead atoms. The predicted octanol–water partition coefficient (Wildman–Crippen LogP) is -0.230. The summed E-state index contributed by atoms with van der Waals surface area (Å²) >= 11 is 0. The molecule has 0 amide bonds. The Hall–Kier alpha value is -1.55. The number of nitrogens with two attached hydrogens (primary N) is 2. The molecule has 0 saturated heterocycles. The topological polar surface area (TPSA) is 76.4 Å². The predicted molar refractivity (Wildman–Crippen MR) is 44.5 cm³/mol. The van der Waals surface area contributed by atoms with Crippen LogP contribution in [0.25, 0.3) is 0 Å². The van der Waals surface area contributed by atoms with Crippen LogP contribution in [-0.4, -0.2) is 5.84 Å². The van der Waals surface area contributed by atoms with Crippen LogP contribution in [0.5, 0.6) is 0 Å². The van der Waals surface area contributed by atoms with Gasteiger partial charge in [-0.2, -0.15) is 5.10 Å². The Bertz CT molecular complexity index is 242. The van der Waals surface area contributed by atoms with Crippen molar-refractivity contribution in [1.82, 2.24) is 5.43 Å². The molecule has 4 nitrogen and oxygen atoms in total. The van der Waals surface area contributed by atoms with Gasteiger partial charge in [0.25, 0.3) is 0 Å². The summed E-state index contributed by atoms with van der Waals surface area (Å²) in [6, 6.07) is 9.42. The molecule has 0 aliphatic carbocycles. The second-order valence-electron chi connectivity index (χ2n) is 1.99. The molecule has 0 aliphatic rings. The smallest absolute Gasteiger partial charge is 0.166 e. The highest BCUT2D eigenvalue weighted by molar-refractivity contribution is 5.98. The van der Waals surface area contributed by atoms with Gasteiger partial charge < -0.3 is 11.3 Å². The molecule has 4 heteroatoms. The van der Waals surface area contributed by atoms with Gasteiger partial charge in [0.15, 0.2) is 5.84 Å². The number of hydrogen-bond donors (Lipinski definition) is 3. The highest BCUT2D eigenvalue weighted by Gasteiger charge is 1.96. The molecule has 1 aromatic rings. The number of benzene rings is 1. The van der Waals surface area contributed by atoms with Gasteiger partial charge in [0, 0.05) is 5.56 Å². The van der Waals surface area contributed by atoms with E-state index in [0.717, 1.165) is 5.56 Å². The van der Waals surface area contributed by atoms with Crippen molar-refractivity contribution in [3.8, 4) is 0 Å². The quantitative estimate of drug-likeness (QED) is 0.224. The summed E-state index contributed by atoms with van der Waals surface area (Å²) in [4.78, 5) is 0. The molecule has 58 valence electrons. The van der Waals surface area contributed by atoms with E-state index < -0.39 is 0 Å². The van der Waals surface area contributed by atoms with Crippen LogP contribution in [0, 0.1) is 0 Å². The first kappa shape index (κ1) is 7.56. The van der Waals surface area contributed by atoms with Crippen LogP contribution in [0.2, 0.25) is 0 Å². The lowest BCUT2D eigenvalue weighted by molar-refractivity contribution is 1.00. The van der Waals surface area contributed by atoms with Crippen molar-refractivity contribution in [3.63, 3.8) is 0 Å². The normalized spacial score (nSPS) is 11.2.